The number of halogens is 1. The molecule has 0 aliphatic heterocycles. The van der Waals surface area contributed by atoms with Crippen LogP contribution in [0.25, 0.3) is 0 Å². The van der Waals surface area contributed by atoms with Gasteiger partial charge in [-0.05, 0) is 105 Å². The van der Waals surface area contributed by atoms with Crippen molar-refractivity contribution in [2.75, 3.05) is 0 Å². The molecule has 0 spiro atoms. The fraction of sp³-hybridized carbons (Fsp3) is 0.378. The van der Waals surface area contributed by atoms with Crippen LogP contribution in [0.15, 0.2) is 101 Å². The van der Waals surface area contributed by atoms with Gasteiger partial charge >= 0.3 is 0 Å². The molecule has 2 aliphatic carbocycles. The fourth-order valence-electron chi connectivity index (χ4n) is 5.20. The summed E-state index contributed by atoms with van der Waals surface area (Å²) >= 11 is 6.18. The van der Waals surface area contributed by atoms with Crippen LogP contribution in [-0.2, 0) is 17.8 Å². The van der Waals surface area contributed by atoms with E-state index in [1.807, 2.05) is 43.5 Å². The highest BCUT2D eigenvalue weighted by atomic mass is 35.5. The third kappa shape index (κ3) is 10.4. The van der Waals surface area contributed by atoms with Crippen molar-refractivity contribution in [1.82, 2.24) is 5.32 Å². The number of hydrogen-bond acceptors (Lipinski definition) is 5. The number of allylic oxidation sites excluding steroid dienone is 6. The molecule has 2 fully saturated rings. The molecule has 3 N–H and O–H groups in total. The quantitative estimate of drug-likeness (QED) is 0.154. The van der Waals surface area contributed by atoms with E-state index in [-0.39, 0.29) is 5.78 Å². The lowest BCUT2D eigenvalue weighted by Gasteiger charge is -2.45. The summed E-state index contributed by atoms with van der Waals surface area (Å²) in [7, 11) is 0. The Morgan fingerprint density at radius 3 is 2.40 bits per heavy atom. The summed E-state index contributed by atoms with van der Waals surface area (Å²) < 4.78 is 0. The molecule has 0 unspecified atom stereocenters. The molecule has 0 atom stereocenters. The van der Waals surface area contributed by atoms with Crippen LogP contribution >= 0.6 is 11.6 Å². The Kier molecular flexibility index (Phi) is 13.0. The second-order valence-electron chi connectivity index (χ2n) is 11.8. The first kappa shape index (κ1) is 33.6. The lowest BCUT2D eigenvalue weighted by molar-refractivity contribution is -0.112. The SMILES string of the molecule is C/C=C\C=C/C(C)=O.CC(C)Cc1ccc(CN=C/C(=C\N)C(NC2(C#N)CC(c3cccc(Cl)c3)C2)=C2CCC2)cc1. The number of rotatable bonds is 11. The van der Waals surface area contributed by atoms with Gasteiger partial charge in [-0.15, -0.1) is 0 Å². The summed E-state index contributed by atoms with van der Waals surface area (Å²) in [6, 6.07) is 19.2. The third-order valence-corrected chi connectivity index (χ3v) is 7.91. The van der Waals surface area contributed by atoms with E-state index >= 15 is 0 Å². The number of nitrogens with two attached hydrogens (primary N) is 1. The number of nitrogens with zero attached hydrogens (tertiary/aromatic N) is 2. The van der Waals surface area contributed by atoms with E-state index in [4.69, 9.17) is 22.3 Å². The fourth-order valence-corrected chi connectivity index (χ4v) is 5.40. The Labute approximate surface area is 262 Å². The van der Waals surface area contributed by atoms with E-state index in [2.05, 4.69) is 55.6 Å². The standard InChI is InChI=1S/C30H35ClN4.C7H10O/c1-21(2)13-22-9-11-23(12-10-22)18-34-19-27(17-32)29(24-5-3-6-24)35-30(20-33)15-26(16-30)25-7-4-8-28(31)14-25;1-3-4-5-6-7(2)8/h4,7-12,14,17,19,21,26,35H,3,5-6,13,15-16,18,32H2,1-2H3;3-6H,1-2H3/b27-17+,34-19?;4-3-,6-5-. The summed E-state index contributed by atoms with van der Waals surface area (Å²) in [4.78, 5) is 14.9. The minimum Gasteiger partial charge on any atom is -0.404 e. The van der Waals surface area contributed by atoms with Crippen molar-refractivity contribution in [3.05, 3.63) is 118 Å². The van der Waals surface area contributed by atoms with E-state index in [1.165, 1.54) is 41.7 Å². The van der Waals surface area contributed by atoms with E-state index in [0.29, 0.717) is 18.4 Å². The van der Waals surface area contributed by atoms with Crippen LogP contribution in [0.5, 0.6) is 0 Å². The van der Waals surface area contributed by atoms with E-state index in [9.17, 15) is 10.1 Å². The summed E-state index contributed by atoms with van der Waals surface area (Å²) in [6.07, 6.45) is 16.2. The Bertz CT molecular complexity index is 1410. The zero-order chi connectivity index (χ0) is 31.2. The highest BCUT2D eigenvalue weighted by Crippen LogP contribution is 2.46. The van der Waals surface area contributed by atoms with Gasteiger partial charge in [-0.25, -0.2) is 0 Å². The Hall–Kier alpha value is -3.88. The zero-order valence-corrected chi connectivity index (χ0v) is 26.7. The summed E-state index contributed by atoms with van der Waals surface area (Å²) in [5.74, 6) is 1.06. The van der Waals surface area contributed by atoms with Crippen molar-refractivity contribution >= 4 is 23.6 Å². The number of aliphatic imine (C=N–C) groups is 1. The second-order valence-corrected chi connectivity index (χ2v) is 12.2. The van der Waals surface area contributed by atoms with Gasteiger partial charge in [0.2, 0.25) is 0 Å². The molecular weight excluding hydrogens is 552 g/mol. The van der Waals surface area contributed by atoms with Crippen LogP contribution in [0.3, 0.4) is 0 Å². The highest BCUT2D eigenvalue weighted by Gasteiger charge is 2.46. The number of benzene rings is 2. The first-order chi connectivity index (χ1) is 20.7. The molecule has 0 heterocycles. The minimum atomic E-state index is -0.598. The number of hydrogen-bond donors (Lipinski definition) is 2. The Morgan fingerprint density at radius 1 is 1.16 bits per heavy atom. The van der Waals surface area contributed by atoms with Crippen LogP contribution in [0.2, 0.25) is 5.02 Å². The van der Waals surface area contributed by atoms with Crippen molar-refractivity contribution in [1.29, 1.82) is 5.26 Å². The topological polar surface area (TPSA) is 91.3 Å². The maximum absolute atomic E-state index is 10.2. The van der Waals surface area contributed by atoms with Crippen LogP contribution in [-0.4, -0.2) is 17.5 Å². The molecular formula is C37H45ClN4O. The summed E-state index contributed by atoms with van der Waals surface area (Å²) in [6.45, 7) is 8.50. The Balaban J connectivity index is 0.000000557. The van der Waals surface area contributed by atoms with Gasteiger partial charge in [-0.2, -0.15) is 5.26 Å². The van der Waals surface area contributed by atoms with Gasteiger partial charge in [-0.3, -0.25) is 9.79 Å². The van der Waals surface area contributed by atoms with E-state index < -0.39 is 5.54 Å². The number of nitrogens with one attached hydrogen (secondary N) is 1. The summed E-state index contributed by atoms with van der Waals surface area (Å²) in [5.41, 5.74) is 12.4. The molecule has 2 aromatic carbocycles. The van der Waals surface area contributed by atoms with Gasteiger partial charge in [-0.1, -0.05) is 80.1 Å². The molecule has 0 saturated heterocycles. The summed E-state index contributed by atoms with van der Waals surface area (Å²) in [5, 5.41) is 14.4. The van der Waals surface area contributed by atoms with Crippen LogP contribution < -0.4 is 11.1 Å². The molecule has 2 aliphatic rings. The predicted octanol–water partition coefficient (Wildman–Crippen LogP) is 8.53. The second kappa shape index (κ2) is 16.7. The third-order valence-electron chi connectivity index (χ3n) is 7.67. The van der Waals surface area contributed by atoms with Crippen LogP contribution in [0.4, 0.5) is 0 Å². The van der Waals surface area contributed by atoms with Gasteiger partial charge in [0.05, 0.1) is 12.6 Å². The van der Waals surface area contributed by atoms with E-state index in [1.54, 1.807) is 12.3 Å². The normalized spacial score (nSPS) is 20.0. The lowest BCUT2D eigenvalue weighted by Crippen LogP contribution is -2.53. The average Bonchev–Trinajstić information content (AvgIpc) is 2.92. The van der Waals surface area contributed by atoms with E-state index in [0.717, 1.165) is 48.4 Å². The molecule has 0 amide bonds. The largest absolute Gasteiger partial charge is 0.404 e. The van der Waals surface area contributed by atoms with Crippen molar-refractivity contribution in [2.45, 2.75) is 84.2 Å². The van der Waals surface area contributed by atoms with Gasteiger partial charge < -0.3 is 11.1 Å². The molecule has 2 aromatic rings. The molecule has 2 saturated carbocycles. The zero-order valence-electron chi connectivity index (χ0n) is 25.9. The molecule has 226 valence electrons. The minimum absolute atomic E-state index is 0.0862. The predicted molar refractivity (Wildman–Crippen MR) is 180 cm³/mol. The first-order valence-electron chi connectivity index (χ1n) is 15.2. The van der Waals surface area contributed by atoms with Gasteiger partial charge in [0.1, 0.15) is 5.54 Å². The molecule has 0 radical (unpaired) electrons. The monoisotopic (exact) mass is 596 g/mol. The molecule has 43 heavy (non-hydrogen) atoms. The van der Waals surface area contributed by atoms with Gasteiger partial charge in [0.25, 0.3) is 0 Å². The van der Waals surface area contributed by atoms with Gasteiger partial charge in [0, 0.05) is 28.7 Å². The molecule has 0 bridgehead atoms. The molecule has 5 nitrogen and oxygen atoms in total. The Morgan fingerprint density at radius 2 is 1.86 bits per heavy atom. The number of ketones is 1. The molecule has 4 rings (SSSR count). The maximum Gasteiger partial charge on any atom is 0.152 e. The van der Waals surface area contributed by atoms with Gasteiger partial charge in [0.15, 0.2) is 5.78 Å². The van der Waals surface area contributed by atoms with Crippen LogP contribution in [0.1, 0.15) is 82.4 Å². The molecule has 6 heteroatoms. The van der Waals surface area contributed by atoms with Crippen molar-refractivity contribution in [3.8, 4) is 6.07 Å². The number of nitriles is 1. The lowest BCUT2D eigenvalue weighted by atomic mass is 9.66. The molecule has 0 aromatic heterocycles. The van der Waals surface area contributed by atoms with Crippen molar-refractivity contribution < 1.29 is 4.79 Å². The average molecular weight is 597 g/mol. The smallest absolute Gasteiger partial charge is 0.152 e. The number of carbonyl (C=O) groups is 1. The number of carbonyl (C=O) groups excluding carboxylic acids is 1. The van der Waals surface area contributed by atoms with Crippen LogP contribution in [0, 0.1) is 17.2 Å². The van der Waals surface area contributed by atoms with Crippen molar-refractivity contribution in [2.24, 2.45) is 16.6 Å². The van der Waals surface area contributed by atoms with Crippen molar-refractivity contribution in [3.63, 3.8) is 0 Å². The highest BCUT2D eigenvalue weighted by molar-refractivity contribution is 6.30. The first-order valence-corrected chi connectivity index (χ1v) is 15.5. The maximum atomic E-state index is 10.2.